The summed E-state index contributed by atoms with van der Waals surface area (Å²) in [6.07, 6.45) is 8.25. The van der Waals surface area contributed by atoms with E-state index >= 15 is 0 Å². The smallest absolute Gasteiger partial charge is 0.315 e. The van der Waals surface area contributed by atoms with E-state index in [1.165, 1.54) is 32.0 Å². The minimum atomic E-state index is -0.0913. The Morgan fingerprint density at radius 2 is 2.16 bits per heavy atom. The normalized spacial score (nSPS) is 19.1. The van der Waals surface area contributed by atoms with Crippen LogP contribution >= 0.6 is 0 Å². The molecule has 0 aliphatic heterocycles. The van der Waals surface area contributed by atoms with Gasteiger partial charge in [-0.2, -0.15) is 5.10 Å². The second-order valence-corrected chi connectivity index (χ2v) is 5.41. The quantitative estimate of drug-likeness (QED) is 0.851. The summed E-state index contributed by atoms with van der Waals surface area (Å²) in [5.41, 5.74) is 0. The van der Waals surface area contributed by atoms with Crippen LogP contribution in [0, 0.1) is 5.92 Å². The van der Waals surface area contributed by atoms with Crippen LogP contribution in [0.3, 0.4) is 0 Å². The molecule has 0 aromatic carbocycles. The van der Waals surface area contributed by atoms with Crippen LogP contribution < -0.4 is 10.6 Å². The highest BCUT2D eigenvalue weighted by Gasteiger charge is 2.19. The molecule has 1 aromatic rings. The summed E-state index contributed by atoms with van der Waals surface area (Å²) in [5.74, 6) is 0.661. The van der Waals surface area contributed by atoms with E-state index in [9.17, 15) is 4.79 Å². The minimum absolute atomic E-state index is 0.00489. The fourth-order valence-corrected chi connectivity index (χ4v) is 2.49. The first-order chi connectivity index (χ1) is 9.16. The molecule has 0 saturated heterocycles. The van der Waals surface area contributed by atoms with Crippen LogP contribution in [0.4, 0.5) is 4.79 Å². The number of carbonyl (C=O) groups is 1. The highest BCUT2D eigenvalue weighted by atomic mass is 16.2. The van der Waals surface area contributed by atoms with E-state index in [0.29, 0.717) is 5.92 Å². The van der Waals surface area contributed by atoms with E-state index in [-0.39, 0.29) is 18.1 Å². The summed E-state index contributed by atoms with van der Waals surface area (Å²) >= 11 is 0. The third kappa shape index (κ3) is 3.94. The van der Waals surface area contributed by atoms with Crippen molar-refractivity contribution in [1.29, 1.82) is 0 Å². The monoisotopic (exact) mass is 265 g/mol. The van der Waals surface area contributed by atoms with Crippen LogP contribution in [0.1, 0.15) is 45.6 Å². The summed E-state index contributed by atoms with van der Waals surface area (Å²) in [6, 6.07) is -0.00336. The van der Waals surface area contributed by atoms with Crippen molar-refractivity contribution in [1.82, 2.24) is 25.4 Å². The number of urea groups is 1. The summed E-state index contributed by atoms with van der Waals surface area (Å²) in [7, 11) is 0. The van der Waals surface area contributed by atoms with Gasteiger partial charge in [0.15, 0.2) is 0 Å². The van der Waals surface area contributed by atoms with E-state index in [1.807, 2.05) is 13.8 Å². The predicted octanol–water partition coefficient (Wildman–Crippen LogP) is 1.72. The Morgan fingerprint density at radius 3 is 2.79 bits per heavy atom. The molecule has 19 heavy (non-hydrogen) atoms. The maximum atomic E-state index is 11.8. The average molecular weight is 265 g/mol. The second kappa shape index (κ2) is 6.54. The standard InChI is InChI=1S/C13H23N5O/c1-10(11(2)18-9-14-8-16-18)17-13(19)15-7-12-5-3-4-6-12/h8-12H,3-7H2,1-2H3,(H2,15,17,19)/t10-,11+/m1/s1. The van der Waals surface area contributed by atoms with Gasteiger partial charge >= 0.3 is 6.03 Å². The fourth-order valence-electron chi connectivity index (χ4n) is 2.49. The third-order valence-corrected chi connectivity index (χ3v) is 3.96. The molecule has 106 valence electrons. The minimum Gasteiger partial charge on any atom is -0.338 e. The summed E-state index contributed by atoms with van der Waals surface area (Å²) in [6.45, 7) is 4.77. The van der Waals surface area contributed by atoms with Crippen LogP contribution in [0.25, 0.3) is 0 Å². The Morgan fingerprint density at radius 1 is 1.42 bits per heavy atom. The first kappa shape index (κ1) is 13.8. The highest BCUT2D eigenvalue weighted by Crippen LogP contribution is 2.23. The number of rotatable bonds is 5. The van der Waals surface area contributed by atoms with E-state index in [1.54, 1.807) is 11.0 Å². The Kier molecular flexibility index (Phi) is 4.76. The van der Waals surface area contributed by atoms with Gasteiger partial charge in [-0.15, -0.1) is 0 Å². The van der Waals surface area contributed by atoms with Gasteiger partial charge in [-0.05, 0) is 32.6 Å². The molecule has 1 aliphatic rings. The lowest BCUT2D eigenvalue weighted by molar-refractivity contribution is 0.230. The first-order valence-electron chi connectivity index (χ1n) is 7.05. The van der Waals surface area contributed by atoms with Gasteiger partial charge in [0.2, 0.25) is 0 Å². The van der Waals surface area contributed by atoms with Gasteiger partial charge in [-0.1, -0.05) is 12.8 Å². The number of carbonyl (C=O) groups excluding carboxylic acids is 1. The number of hydrogen-bond donors (Lipinski definition) is 2. The third-order valence-electron chi connectivity index (χ3n) is 3.96. The molecule has 0 spiro atoms. The number of nitrogens with zero attached hydrogens (tertiary/aromatic N) is 3. The van der Waals surface area contributed by atoms with Crippen molar-refractivity contribution in [3.63, 3.8) is 0 Å². The van der Waals surface area contributed by atoms with E-state index in [2.05, 4.69) is 20.7 Å². The lowest BCUT2D eigenvalue weighted by Crippen LogP contribution is -2.45. The molecule has 6 nitrogen and oxygen atoms in total. The van der Waals surface area contributed by atoms with Crippen molar-refractivity contribution in [2.24, 2.45) is 5.92 Å². The fraction of sp³-hybridized carbons (Fsp3) is 0.769. The molecular weight excluding hydrogens is 242 g/mol. The van der Waals surface area contributed by atoms with Crippen molar-refractivity contribution < 1.29 is 4.79 Å². The summed E-state index contributed by atoms with van der Waals surface area (Å²) in [4.78, 5) is 15.7. The molecular formula is C13H23N5O. The summed E-state index contributed by atoms with van der Waals surface area (Å²) in [5, 5.41) is 10.0. The SMILES string of the molecule is C[C@@H](NC(=O)NCC1CCCC1)[C@H](C)n1cncn1. The van der Waals surface area contributed by atoms with Crippen molar-refractivity contribution in [3.05, 3.63) is 12.7 Å². The van der Waals surface area contributed by atoms with E-state index in [0.717, 1.165) is 6.54 Å². The lowest BCUT2D eigenvalue weighted by atomic mass is 10.1. The predicted molar refractivity (Wildman–Crippen MR) is 72.7 cm³/mol. The van der Waals surface area contributed by atoms with Crippen LogP contribution in [0.15, 0.2) is 12.7 Å². The first-order valence-corrected chi connectivity index (χ1v) is 7.05. The molecule has 1 heterocycles. The van der Waals surface area contributed by atoms with Gasteiger partial charge < -0.3 is 10.6 Å². The number of amides is 2. The maximum Gasteiger partial charge on any atom is 0.315 e. The van der Waals surface area contributed by atoms with Crippen molar-refractivity contribution in [2.75, 3.05) is 6.54 Å². The largest absolute Gasteiger partial charge is 0.338 e. The van der Waals surface area contributed by atoms with Gasteiger partial charge in [0.1, 0.15) is 12.7 Å². The average Bonchev–Trinajstić information content (AvgIpc) is 3.08. The van der Waals surface area contributed by atoms with Crippen LogP contribution in [0.2, 0.25) is 0 Å². The Labute approximate surface area is 114 Å². The molecule has 6 heteroatoms. The van der Waals surface area contributed by atoms with Crippen LogP contribution in [-0.4, -0.2) is 33.4 Å². The molecule has 0 unspecified atom stereocenters. The van der Waals surface area contributed by atoms with Crippen LogP contribution in [0.5, 0.6) is 0 Å². The second-order valence-electron chi connectivity index (χ2n) is 5.41. The van der Waals surface area contributed by atoms with Crippen LogP contribution in [-0.2, 0) is 0 Å². The molecule has 0 bridgehead atoms. The molecule has 2 amide bonds. The van der Waals surface area contributed by atoms with Crippen molar-refractivity contribution in [2.45, 2.75) is 51.6 Å². The molecule has 2 rings (SSSR count). The topological polar surface area (TPSA) is 71.8 Å². The molecule has 2 atom stereocenters. The zero-order chi connectivity index (χ0) is 13.7. The zero-order valence-corrected chi connectivity index (χ0v) is 11.7. The number of aromatic nitrogens is 3. The summed E-state index contributed by atoms with van der Waals surface area (Å²) < 4.78 is 1.75. The number of hydrogen-bond acceptors (Lipinski definition) is 3. The Balaban J connectivity index is 1.71. The van der Waals surface area contributed by atoms with Gasteiger partial charge in [0, 0.05) is 12.6 Å². The zero-order valence-electron chi connectivity index (χ0n) is 11.7. The molecule has 2 N–H and O–H groups in total. The maximum absolute atomic E-state index is 11.8. The molecule has 1 saturated carbocycles. The lowest BCUT2D eigenvalue weighted by Gasteiger charge is -2.22. The van der Waals surface area contributed by atoms with Gasteiger partial charge in [-0.3, -0.25) is 0 Å². The highest BCUT2D eigenvalue weighted by molar-refractivity contribution is 5.74. The van der Waals surface area contributed by atoms with Crippen molar-refractivity contribution in [3.8, 4) is 0 Å². The number of nitrogens with one attached hydrogen (secondary N) is 2. The Hall–Kier alpha value is -1.59. The van der Waals surface area contributed by atoms with Gasteiger partial charge in [0.05, 0.1) is 6.04 Å². The molecule has 1 fully saturated rings. The van der Waals surface area contributed by atoms with Crippen molar-refractivity contribution >= 4 is 6.03 Å². The van der Waals surface area contributed by atoms with Gasteiger partial charge in [0.25, 0.3) is 0 Å². The Bertz CT molecular complexity index is 386. The molecule has 0 radical (unpaired) electrons. The van der Waals surface area contributed by atoms with E-state index < -0.39 is 0 Å². The molecule has 1 aromatic heterocycles. The molecule has 1 aliphatic carbocycles. The van der Waals surface area contributed by atoms with Gasteiger partial charge in [-0.25, -0.2) is 14.5 Å². The van der Waals surface area contributed by atoms with E-state index in [4.69, 9.17) is 0 Å².